The molecule has 1 aliphatic rings. The SMILES string of the molecule is CCCCCCCC(=O)C1CCCCCC1. The maximum atomic E-state index is 12.0. The van der Waals surface area contributed by atoms with E-state index in [0.717, 1.165) is 12.8 Å². The number of Topliss-reactive ketones (excluding diaryl/α,β-unsaturated/α-hetero) is 1. The van der Waals surface area contributed by atoms with Crippen LogP contribution in [0, 0.1) is 5.92 Å². The molecule has 0 atom stereocenters. The zero-order valence-corrected chi connectivity index (χ0v) is 11.0. The minimum absolute atomic E-state index is 0.425. The first-order chi connectivity index (χ1) is 7.84. The van der Waals surface area contributed by atoms with Crippen LogP contribution in [0.4, 0.5) is 0 Å². The second-order valence-electron chi connectivity index (χ2n) is 5.32. The molecule has 1 nitrogen and oxygen atoms in total. The van der Waals surface area contributed by atoms with Gasteiger partial charge in [-0.2, -0.15) is 0 Å². The van der Waals surface area contributed by atoms with Crippen LogP contribution < -0.4 is 0 Å². The van der Waals surface area contributed by atoms with Gasteiger partial charge in [0.15, 0.2) is 0 Å². The molecule has 0 radical (unpaired) electrons. The van der Waals surface area contributed by atoms with E-state index in [1.807, 2.05) is 0 Å². The lowest BCUT2D eigenvalue weighted by atomic mass is 9.92. The van der Waals surface area contributed by atoms with Crippen LogP contribution in [0.3, 0.4) is 0 Å². The van der Waals surface area contributed by atoms with Crippen LogP contribution in [-0.4, -0.2) is 5.78 Å². The van der Waals surface area contributed by atoms with Crippen molar-refractivity contribution in [3.63, 3.8) is 0 Å². The molecule has 0 aromatic carbocycles. The molecule has 1 fully saturated rings. The third-order valence-electron chi connectivity index (χ3n) is 3.84. The molecule has 0 unspecified atom stereocenters. The first kappa shape index (κ1) is 13.7. The summed E-state index contributed by atoms with van der Waals surface area (Å²) in [6.45, 7) is 2.23. The third-order valence-corrected chi connectivity index (χ3v) is 3.84. The van der Waals surface area contributed by atoms with E-state index in [1.165, 1.54) is 64.2 Å². The number of rotatable bonds is 7. The Morgan fingerprint density at radius 3 is 2.19 bits per heavy atom. The van der Waals surface area contributed by atoms with E-state index in [9.17, 15) is 4.79 Å². The summed E-state index contributed by atoms with van der Waals surface area (Å²) >= 11 is 0. The molecule has 0 heterocycles. The number of ketones is 1. The predicted molar refractivity (Wildman–Crippen MR) is 69.6 cm³/mol. The molecule has 0 bridgehead atoms. The van der Waals surface area contributed by atoms with Crippen molar-refractivity contribution in [2.45, 2.75) is 84.0 Å². The monoisotopic (exact) mass is 224 g/mol. The second-order valence-corrected chi connectivity index (χ2v) is 5.32. The molecule has 0 saturated heterocycles. The van der Waals surface area contributed by atoms with E-state index in [2.05, 4.69) is 6.92 Å². The fourth-order valence-corrected chi connectivity index (χ4v) is 2.71. The Bertz CT molecular complexity index is 178. The fourth-order valence-electron chi connectivity index (χ4n) is 2.71. The average Bonchev–Trinajstić information content (AvgIpc) is 2.57. The van der Waals surface area contributed by atoms with Crippen LogP contribution in [0.5, 0.6) is 0 Å². The largest absolute Gasteiger partial charge is 0.299 e. The molecular weight excluding hydrogens is 196 g/mol. The zero-order valence-electron chi connectivity index (χ0n) is 11.0. The molecule has 1 aliphatic carbocycles. The summed E-state index contributed by atoms with van der Waals surface area (Å²) in [7, 11) is 0. The van der Waals surface area contributed by atoms with E-state index < -0.39 is 0 Å². The minimum Gasteiger partial charge on any atom is -0.299 e. The number of hydrogen-bond donors (Lipinski definition) is 0. The lowest BCUT2D eigenvalue weighted by Crippen LogP contribution is -2.13. The van der Waals surface area contributed by atoms with Gasteiger partial charge >= 0.3 is 0 Å². The van der Waals surface area contributed by atoms with E-state index in [4.69, 9.17) is 0 Å². The molecule has 94 valence electrons. The Morgan fingerprint density at radius 1 is 0.938 bits per heavy atom. The van der Waals surface area contributed by atoms with Crippen molar-refractivity contribution < 1.29 is 4.79 Å². The molecule has 1 saturated carbocycles. The first-order valence-corrected chi connectivity index (χ1v) is 7.37. The van der Waals surface area contributed by atoms with Crippen LogP contribution in [0.2, 0.25) is 0 Å². The molecular formula is C15H28O. The summed E-state index contributed by atoms with van der Waals surface area (Å²) < 4.78 is 0. The van der Waals surface area contributed by atoms with Crippen molar-refractivity contribution in [3.05, 3.63) is 0 Å². The molecule has 1 heteroatoms. The van der Waals surface area contributed by atoms with Gasteiger partial charge in [-0.25, -0.2) is 0 Å². The van der Waals surface area contributed by atoms with Gasteiger partial charge in [0.25, 0.3) is 0 Å². The molecule has 0 aromatic rings. The van der Waals surface area contributed by atoms with Crippen molar-refractivity contribution >= 4 is 5.78 Å². The Morgan fingerprint density at radius 2 is 1.56 bits per heavy atom. The molecule has 16 heavy (non-hydrogen) atoms. The van der Waals surface area contributed by atoms with Crippen LogP contribution >= 0.6 is 0 Å². The van der Waals surface area contributed by atoms with Gasteiger partial charge in [0.05, 0.1) is 0 Å². The fraction of sp³-hybridized carbons (Fsp3) is 0.933. The quantitative estimate of drug-likeness (QED) is 0.444. The maximum absolute atomic E-state index is 12.0. The second kappa shape index (κ2) is 8.78. The average molecular weight is 224 g/mol. The van der Waals surface area contributed by atoms with E-state index in [0.29, 0.717) is 11.7 Å². The van der Waals surface area contributed by atoms with Gasteiger partial charge < -0.3 is 0 Å². The van der Waals surface area contributed by atoms with Crippen molar-refractivity contribution in [2.75, 3.05) is 0 Å². The maximum Gasteiger partial charge on any atom is 0.135 e. The van der Waals surface area contributed by atoms with Gasteiger partial charge in [0, 0.05) is 12.3 Å². The highest BCUT2D eigenvalue weighted by Gasteiger charge is 2.18. The van der Waals surface area contributed by atoms with Crippen LogP contribution in [0.15, 0.2) is 0 Å². The Kier molecular flexibility index (Phi) is 7.54. The summed E-state index contributed by atoms with van der Waals surface area (Å²) in [5.41, 5.74) is 0. The standard InChI is InChI=1S/C15H28O/c1-2-3-4-5-10-13-15(16)14-11-8-6-7-9-12-14/h14H,2-13H2,1H3. The number of hydrogen-bond acceptors (Lipinski definition) is 1. The van der Waals surface area contributed by atoms with Crippen molar-refractivity contribution in [1.29, 1.82) is 0 Å². The van der Waals surface area contributed by atoms with Gasteiger partial charge in [-0.3, -0.25) is 4.79 Å². The molecule has 0 aromatic heterocycles. The number of carbonyl (C=O) groups is 1. The van der Waals surface area contributed by atoms with Crippen molar-refractivity contribution in [3.8, 4) is 0 Å². The first-order valence-electron chi connectivity index (χ1n) is 7.37. The molecule has 1 rings (SSSR count). The van der Waals surface area contributed by atoms with Crippen LogP contribution in [0.25, 0.3) is 0 Å². The number of carbonyl (C=O) groups excluding carboxylic acids is 1. The normalized spacial score (nSPS) is 18.3. The van der Waals surface area contributed by atoms with Crippen molar-refractivity contribution in [1.82, 2.24) is 0 Å². The van der Waals surface area contributed by atoms with Gasteiger partial charge in [-0.15, -0.1) is 0 Å². The molecule has 0 spiro atoms. The summed E-state index contributed by atoms with van der Waals surface area (Å²) in [4.78, 5) is 12.0. The summed E-state index contributed by atoms with van der Waals surface area (Å²) in [5, 5.41) is 0. The Hall–Kier alpha value is -0.330. The summed E-state index contributed by atoms with van der Waals surface area (Å²) in [6, 6.07) is 0. The highest BCUT2D eigenvalue weighted by Crippen LogP contribution is 2.25. The van der Waals surface area contributed by atoms with Gasteiger partial charge in [-0.1, -0.05) is 58.3 Å². The van der Waals surface area contributed by atoms with Gasteiger partial charge in [0.2, 0.25) is 0 Å². The summed E-state index contributed by atoms with van der Waals surface area (Å²) in [5.74, 6) is 0.993. The topological polar surface area (TPSA) is 17.1 Å². The highest BCUT2D eigenvalue weighted by molar-refractivity contribution is 5.80. The smallest absolute Gasteiger partial charge is 0.135 e. The zero-order chi connectivity index (χ0) is 11.6. The minimum atomic E-state index is 0.425. The van der Waals surface area contributed by atoms with Gasteiger partial charge in [-0.05, 0) is 19.3 Å². The molecule has 0 aliphatic heterocycles. The number of unbranched alkanes of at least 4 members (excludes halogenated alkanes) is 4. The van der Waals surface area contributed by atoms with E-state index in [1.54, 1.807) is 0 Å². The van der Waals surface area contributed by atoms with E-state index >= 15 is 0 Å². The summed E-state index contributed by atoms with van der Waals surface area (Å²) in [6.07, 6.45) is 14.8. The lowest BCUT2D eigenvalue weighted by Gasteiger charge is -2.12. The van der Waals surface area contributed by atoms with E-state index in [-0.39, 0.29) is 0 Å². The third kappa shape index (κ3) is 5.67. The molecule has 0 amide bonds. The van der Waals surface area contributed by atoms with Crippen LogP contribution in [-0.2, 0) is 4.79 Å². The highest BCUT2D eigenvalue weighted by atomic mass is 16.1. The lowest BCUT2D eigenvalue weighted by molar-refractivity contribution is -0.123. The predicted octanol–water partition coefficient (Wildman–Crippen LogP) is 4.89. The van der Waals surface area contributed by atoms with Gasteiger partial charge in [0.1, 0.15) is 5.78 Å². The Balaban J connectivity index is 2.08. The van der Waals surface area contributed by atoms with Crippen molar-refractivity contribution in [2.24, 2.45) is 5.92 Å². The molecule has 0 N–H and O–H groups in total. The van der Waals surface area contributed by atoms with Crippen LogP contribution in [0.1, 0.15) is 84.0 Å². The Labute approximate surface area is 101 Å².